The Morgan fingerprint density at radius 3 is 1.29 bits per heavy atom. The maximum atomic E-state index is 7.32. The van der Waals surface area contributed by atoms with Crippen molar-refractivity contribution >= 4 is 43.1 Å². The fraction of sp³-hybridized carbons (Fsp3) is 0.326. The zero-order valence-corrected chi connectivity index (χ0v) is 27.0. The zero-order valence-electron chi connectivity index (χ0n) is 27.0. The average molecular weight is 591 g/mol. The van der Waals surface area contributed by atoms with Gasteiger partial charge >= 0.3 is 0 Å². The van der Waals surface area contributed by atoms with Crippen LogP contribution < -0.4 is 5.32 Å². The summed E-state index contributed by atoms with van der Waals surface area (Å²) in [5.41, 5.74) is 2.57. The van der Waals surface area contributed by atoms with Gasteiger partial charge in [-0.25, -0.2) is 6.57 Å². The fourth-order valence-electron chi connectivity index (χ4n) is 7.11. The monoisotopic (exact) mass is 590 g/mol. The van der Waals surface area contributed by atoms with Gasteiger partial charge in [-0.05, 0) is 85.7 Å². The molecule has 228 valence electrons. The summed E-state index contributed by atoms with van der Waals surface area (Å²) in [5.74, 6) is 0. The molecule has 45 heavy (non-hydrogen) atoms. The molecular weight excluding hydrogens is 544 g/mol. The first-order valence-electron chi connectivity index (χ1n) is 17.0. The lowest BCUT2D eigenvalue weighted by Crippen LogP contribution is -2.24. The van der Waals surface area contributed by atoms with Crippen LogP contribution in [0.3, 0.4) is 0 Å². The van der Waals surface area contributed by atoms with Crippen LogP contribution in [-0.4, -0.2) is 12.1 Å². The third-order valence-corrected chi connectivity index (χ3v) is 9.57. The summed E-state index contributed by atoms with van der Waals surface area (Å²) in [6.07, 6.45) is 11.0. The van der Waals surface area contributed by atoms with Gasteiger partial charge in [0.2, 0.25) is 5.54 Å². The van der Waals surface area contributed by atoms with Gasteiger partial charge in [0.05, 0.1) is 6.04 Å². The van der Waals surface area contributed by atoms with E-state index in [1.165, 1.54) is 106 Å². The van der Waals surface area contributed by atoms with Crippen LogP contribution in [0.5, 0.6) is 0 Å². The van der Waals surface area contributed by atoms with Crippen LogP contribution >= 0.6 is 0 Å². The van der Waals surface area contributed by atoms with Crippen molar-refractivity contribution < 1.29 is 0 Å². The minimum atomic E-state index is -0.193. The predicted octanol–water partition coefficient (Wildman–Crippen LogP) is 12.2. The van der Waals surface area contributed by atoms with Gasteiger partial charge < -0.3 is 10.2 Å². The summed E-state index contributed by atoms with van der Waals surface area (Å²) in [4.78, 5) is 3.75. The zero-order chi connectivity index (χ0) is 31.1. The molecule has 0 unspecified atom stereocenters. The van der Waals surface area contributed by atoms with Gasteiger partial charge in [-0.2, -0.15) is 0 Å². The molecule has 0 radical (unpaired) electrons. The van der Waals surface area contributed by atoms with Crippen molar-refractivity contribution in [1.82, 2.24) is 5.32 Å². The second-order valence-electron chi connectivity index (χ2n) is 13.4. The molecule has 0 atom stereocenters. The van der Waals surface area contributed by atoms with E-state index in [-0.39, 0.29) is 11.6 Å². The van der Waals surface area contributed by atoms with Crippen molar-refractivity contribution in [2.45, 2.75) is 83.2 Å². The molecule has 0 saturated heterocycles. The first kappa shape index (κ1) is 30.8. The standard InChI is InChI=1S/C43H46N2/c1-43(2,44-3)28-18-8-6-4-5-7-9-19-29-45-42(40-36-24-14-10-20-32(36)30-33-21-11-15-25-37(33)40)41-38-26-16-12-22-34(38)31-35-23-13-17-27-39(35)41/h10-17,20-27,30-31,42,45H,4-9,18-19,28-29H2,1-2H3. The van der Waals surface area contributed by atoms with Gasteiger partial charge in [0, 0.05) is 20.3 Å². The Bertz CT molecular complexity index is 1720. The van der Waals surface area contributed by atoms with Gasteiger partial charge in [0.1, 0.15) is 0 Å². The Hall–Kier alpha value is -4.19. The van der Waals surface area contributed by atoms with Crippen molar-refractivity contribution in [2.24, 2.45) is 0 Å². The highest BCUT2D eigenvalue weighted by Gasteiger charge is 2.24. The summed E-state index contributed by atoms with van der Waals surface area (Å²) < 4.78 is 0. The number of unbranched alkanes of at least 4 members (excludes halogenated alkanes) is 7. The number of hydrogen-bond acceptors (Lipinski definition) is 1. The van der Waals surface area contributed by atoms with Crippen LogP contribution in [0.25, 0.3) is 47.9 Å². The Labute approximate surface area is 269 Å². The van der Waals surface area contributed by atoms with E-state index < -0.39 is 0 Å². The van der Waals surface area contributed by atoms with Gasteiger partial charge in [-0.15, -0.1) is 0 Å². The smallest absolute Gasteiger partial charge is 0.227 e. The first-order valence-corrected chi connectivity index (χ1v) is 17.0. The normalized spacial score (nSPS) is 12.0. The summed E-state index contributed by atoms with van der Waals surface area (Å²) in [7, 11) is 0. The van der Waals surface area contributed by atoms with Gasteiger partial charge in [-0.1, -0.05) is 136 Å². The van der Waals surface area contributed by atoms with Gasteiger partial charge in [-0.3, -0.25) is 0 Å². The van der Waals surface area contributed by atoms with Crippen molar-refractivity contribution in [1.29, 1.82) is 0 Å². The quantitative estimate of drug-likeness (QED) is 0.0758. The molecule has 0 aliphatic rings. The van der Waals surface area contributed by atoms with E-state index >= 15 is 0 Å². The van der Waals surface area contributed by atoms with E-state index in [9.17, 15) is 0 Å². The molecule has 0 aromatic heterocycles. The number of benzene rings is 6. The molecule has 0 amide bonds. The maximum absolute atomic E-state index is 7.32. The van der Waals surface area contributed by atoms with Crippen LogP contribution in [-0.2, 0) is 0 Å². The maximum Gasteiger partial charge on any atom is 0.227 e. The van der Waals surface area contributed by atoms with Crippen molar-refractivity contribution in [2.75, 3.05) is 6.54 Å². The fourth-order valence-corrected chi connectivity index (χ4v) is 7.11. The van der Waals surface area contributed by atoms with Crippen LogP contribution in [0, 0.1) is 6.57 Å². The van der Waals surface area contributed by atoms with Crippen molar-refractivity contribution in [3.63, 3.8) is 0 Å². The number of rotatable bonds is 14. The molecule has 6 aromatic carbocycles. The molecule has 0 spiro atoms. The molecule has 0 bridgehead atoms. The van der Waals surface area contributed by atoms with Crippen molar-refractivity contribution in [3.8, 4) is 0 Å². The molecule has 0 heterocycles. The van der Waals surface area contributed by atoms with Crippen LogP contribution in [0.15, 0.2) is 109 Å². The molecule has 0 fully saturated rings. The summed E-state index contributed by atoms with van der Waals surface area (Å²) in [6, 6.07) is 40.4. The average Bonchev–Trinajstić information content (AvgIpc) is 3.07. The van der Waals surface area contributed by atoms with E-state index in [2.05, 4.69) is 133 Å². The molecule has 2 heteroatoms. The second-order valence-corrected chi connectivity index (χ2v) is 13.4. The lowest BCUT2D eigenvalue weighted by Gasteiger charge is -2.26. The van der Waals surface area contributed by atoms with E-state index in [4.69, 9.17) is 6.57 Å². The minimum absolute atomic E-state index is 0.0525. The molecule has 6 rings (SSSR count). The Balaban J connectivity index is 1.26. The van der Waals surface area contributed by atoms with E-state index in [1.54, 1.807) is 0 Å². The van der Waals surface area contributed by atoms with Gasteiger partial charge in [0.25, 0.3) is 0 Å². The van der Waals surface area contributed by atoms with Crippen molar-refractivity contribution in [3.05, 3.63) is 132 Å². The highest BCUT2D eigenvalue weighted by Crippen LogP contribution is 2.41. The highest BCUT2D eigenvalue weighted by atomic mass is 14.9. The predicted molar refractivity (Wildman–Crippen MR) is 195 cm³/mol. The Morgan fingerprint density at radius 1 is 0.533 bits per heavy atom. The van der Waals surface area contributed by atoms with E-state index in [0.717, 1.165) is 13.0 Å². The summed E-state index contributed by atoms with van der Waals surface area (Å²) >= 11 is 0. The molecule has 6 aromatic rings. The second kappa shape index (κ2) is 14.3. The molecule has 0 aliphatic heterocycles. The minimum Gasteiger partial charge on any atom is -0.311 e. The third kappa shape index (κ3) is 7.06. The first-order chi connectivity index (χ1) is 22.1. The number of hydrogen-bond donors (Lipinski definition) is 1. The highest BCUT2D eigenvalue weighted by molar-refractivity contribution is 6.07. The van der Waals surface area contributed by atoms with Crippen LogP contribution in [0.2, 0.25) is 0 Å². The Morgan fingerprint density at radius 2 is 0.889 bits per heavy atom. The van der Waals surface area contributed by atoms with Crippen LogP contribution in [0.4, 0.5) is 0 Å². The van der Waals surface area contributed by atoms with Gasteiger partial charge in [0.15, 0.2) is 0 Å². The lowest BCUT2D eigenvalue weighted by molar-refractivity contribution is 0.491. The molecule has 0 saturated carbocycles. The summed E-state index contributed by atoms with van der Waals surface area (Å²) in [6.45, 7) is 12.4. The van der Waals surface area contributed by atoms with E-state index in [1.807, 2.05) is 0 Å². The molecular formula is C43H46N2. The number of nitrogens with zero attached hydrogens (tertiary/aromatic N) is 1. The lowest BCUT2D eigenvalue weighted by atomic mass is 9.84. The largest absolute Gasteiger partial charge is 0.311 e. The molecule has 2 nitrogen and oxygen atoms in total. The third-order valence-electron chi connectivity index (χ3n) is 9.57. The molecule has 0 aliphatic carbocycles. The molecule has 1 N–H and O–H groups in total. The summed E-state index contributed by atoms with van der Waals surface area (Å²) in [5, 5.41) is 14.6. The SMILES string of the molecule is [C-]#[N+]C(C)(C)CCCCCCCCCCNC(c1c2ccccc2cc2ccccc12)c1c2ccccc2cc2ccccc12. The van der Waals surface area contributed by atoms with Crippen LogP contribution in [0.1, 0.15) is 88.8 Å². The topological polar surface area (TPSA) is 16.4 Å². The number of nitrogens with one attached hydrogen (secondary N) is 1. The number of fused-ring (bicyclic) bond motifs is 4. The van der Waals surface area contributed by atoms with E-state index in [0.29, 0.717) is 0 Å². The Kier molecular flexibility index (Phi) is 9.78.